The second-order valence-electron chi connectivity index (χ2n) is 8.97. The van der Waals surface area contributed by atoms with Crippen LogP contribution in [0.3, 0.4) is 0 Å². The highest BCUT2D eigenvalue weighted by atomic mass is 33.1. The third-order valence-corrected chi connectivity index (χ3v) is 10.4. The highest BCUT2D eigenvalue weighted by Crippen LogP contribution is 2.42. The second kappa shape index (κ2) is 26.1. The fourth-order valence-electron chi connectivity index (χ4n) is 4.06. The first-order chi connectivity index (χ1) is 16.9. The maximum absolute atomic E-state index is 2.89. The molecule has 0 aliphatic heterocycles. The van der Waals surface area contributed by atoms with Gasteiger partial charge in [0.2, 0.25) is 0 Å². The molecule has 0 saturated carbocycles. The number of benzene rings is 1. The van der Waals surface area contributed by atoms with Gasteiger partial charge in [0.1, 0.15) is 0 Å². The summed E-state index contributed by atoms with van der Waals surface area (Å²) in [5.41, 5.74) is 6.45. The van der Waals surface area contributed by atoms with Crippen LogP contribution in [0.2, 0.25) is 0 Å². The van der Waals surface area contributed by atoms with E-state index in [4.69, 9.17) is 0 Å². The highest BCUT2D eigenvalue weighted by molar-refractivity contribution is 8.78. The highest BCUT2D eigenvalue weighted by Gasteiger charge is 2.21. The molecular weight excluding hydrogens is 498 g/mol. The van der Waals surface area contributed by atoms with E-state index in [1.807, 2.05) is 35.4 Å². The van der Waals surface area contributed by atoms with E-state index in [-0.39, 0.29) is 0 Å². The summed E-state index contributed by atoms with van der Waals surface area (Å²) < 4.78 is 0.510. The van der Waals surface area contributed by atoms with Crippen molar-refractivity contribution < 1.29 is 0 Å². The standard InChI is InChI=1S/C25H44P2S2.C4H10.C2H6/c1-6-11-14-19-16-22(20(9-4)13-8-3)24(18-28-29-25(26)27)23(17-19)21(10-5)15-12-7-2;1-3-4-2;1-2/h8,13,16-17,20-21,25H,6-7,9-12,14-15,18,26-27H2,1-5H3;3-4H2,1-2H3;1-2H3/b13-8-;;. The molecule has 0 aliphatic rings. The number of unbranched alkanes of at least 4 members (excludes halogenated alkanes) is 3. The van der Waals surface area contributed by atoms with Crippen LogP contribution in [0.1, 0.15) is 154 Å². The zero-order chi connectivity index (χ0) is 27.1. The second-order valence-corrected chi connectivity index (χ2v) is 14.7. The zero-order valence-electron chi connectivity index (χ0n) is 24.8. The first kappa shape index (κ1) is 37.7. The number of rotatable bonds is 16. The Morgan fingerprint density at radius 2 is 1.43 bits per heavy atom. The topological polar surface area (TPSA) is 0 Å². The van der Waals surface area contributed by atoms with Crippen molar-refractivity contribution in [1.29, 1.82) is 0 Å². The Kier molecular flexibility index (Phi) is 28.1. The van der Waals surface area contributed by atoms with Crippen molar-refractivity contribution in [2.75, 3.05) is 0 Å². The molecule has 0 aromatic heterocycles. The summed E-state index contributed by atoms with van der Waals surface area (Å²) >= 11 is 0. The van der Waals surface area contributed by atoms with E-state index in [0.29, 0.717) is 16.6 Å². The van der Waals surface area contributed by atoms with Crippen LogP contribution < -0.4 is 0 Å². The van der Waals surface area contributed by atoms with Crippen molar-refractivity contribution in [3.8, 4) is 0 Å². The first-order valence-electron chi connectivity index (χ1n) is 14.5. The quantitative estimate of drug-likeness (QED) is 0.112. The van der Waals surface area contributed by atoms with Crippen molar-refractivity contribution >= 4 is 40.1 Å². The smallest absolute Gasteiger partial charge is 0.0432 e. The third kappa shape index (κ3) is 16.9. The van der Waals surface area contributed by atoms with E-state index in [2.05, 4.69) is 91.2 Å². The van der Waals surface area contributed by atoms with Crippen molar-refractivity contribution in [2.24, 2.45) is 0 Å². The maximum atomic E-state index is 2.89. The first-order valence-corrected chi connectivity index (χ1v) is 18.2. The predicted molar refractivity (Wildman–Crippen MR) is 179 cm³/mol. The summed E-state index contributed by atoms with van der Waals surface area (Å²) in [4.78, 5) is 0. The van der Waals surface area contributed by atoms with Gasteiger partial charge in [-0.05, 0) is 67.2 Å². The van der Waals surface area contributed by atoms with E-state index < -0.39 is 0 Å². The molecule has 0 fully saturated rings. The fraction of sp³-hybridized carbons (Fsp3) is 0.742. The van der Waals surface area contributed by atoms with Crippen LogP contribution in [0.5, 0.6) is 0 Å². The maximum Gasteiger partial charge on any atom is 0.0432 e. The molecule has 0 saturated heterocycles. The molecule has 0 bridgehead atoms. The molecule has 0 spiro atoms. The van der Waals surface area contributed by atoms with Gasteiger partial charge >= 0.3 is 0 Å². The van der Waals surface area contributed by atoms with E-state index in [9.17, 15) is 0 Å². The Bertz CT molecular complexity index is 627. The van der Waals surface area contributed by atoms with Crippen LogP contribution in [0.25, 0.3) is 0 Å². The van der Waals surface area contributed by atoms with E-state index in [1.54, 1.807) is 22.3 Å². The minimum absolute atomic E-state index is 0.510. The average molecular weight is 559 g/mol. The molecule has 4 heteroatoms. The van der Waals surface area contributed by atoms with Gasteiger partial charge in [-0.15, -0.1) is 18.5 Å². The van der Waals surface area contributed by atoms with Gasteiger partial charge in [0.25, 0.3) is 0 Å². The molecule has 0 radical (unpaired) electrons. The number of hydrogen-bond donors (Lipinski definition) is 0. The Balaban J connectivity index is 0. The molecule has 1 aromatic carbocycles. The van der Waals surface area contributed by atoms with Gasteiger partial charge in [0.15, 0.2) is 0 Å². The van der Waals surface area contributed by atoms with Crippen molar-refractivity contribution in [3.63, 3.8) is 0 Å². The van der Waals surface area contributed by atoms with E-state index in [0.717, 1.165) is 5.75 Å². The molecule has 0 nitrogen and oxygen atoms in total. The summed E-state index contributed by atoms with van der Waals surface area (Å²) in [6.07, 6.45) is 17.4. The summed E-state index contributed by atoms with van der Waals surface area (Å²) in [7, 11) is 9.75. The van der Waals surface area contributed by atoms with Crippen molar-refractivity contribution in [2.45, 2.75) is 149 Å². The summed E-state index contributed by atoms with van der Waals surface area (Å²) in [5.74, 6) is 2.34. The number of hydrogen-bond acceptors (Lipinski definition) is 2. The molecule has 206 valence electrons. The SMILES string of the molecule is C/C=C\C(CC)c1cc(CCCC)cc(C(CC)CCCC)c1CSSC(P)P.CC.CCCC. The van der Waals surface area contributed by atoms with E-state index >= 15 is 0 Å². The lowest BCUT2D eigenvalue weighted by molar-refractivity contribution is 0.565. The van der Waals surface area contributed by atoms with E-state index in [1.165, 1.54) is 64.2 Å². The Morgan fingerprint density at radius 3 is 1.89 bits per heavy atom. The van der Waals surface area contributed by atoms with Gasteiger partial charge in [-0.3, -0.25) is 0 Å². The van der Waals surface area contributed by atoms with Gasteiger partial charge in [0, 0.05) is 16.4 Å². The zero-order valence-corrected chi connectivity index (χ0v) is 28.7. The molecule has 0 N–H and O–H groups in total. The fourth-order valence-corrected chi connectivity index (χ4v) is 7.18. The lowest BCUT2D eigenvalue weighted by Gasteiger charge is -2.26. The normalized spacial score (nSPS) is 12.7. The monoisotopic (exact) mass is 558 g/mol. The third-order valence-electron chi connectivity index (χ3n) is 6.18. The van der Waals surface area contributed by atoms with Crippen molar-refractivity contribution in [3.05, 3.63) is 46.5 Å². The molecule has 0 heterocycles. The van der Waals surface area contributed by atoms with Gasteiger partial charge < -0.3 is 0 Å². The van der Waals surface area contributed by atoms with Crippen molar-refractivity contribution in [1.82, 2.24) is 0 Å². The summed E-state index contributed by atoms with van der Waals surface area (Å²) in [5, 5.41) is 0. The molecule has 4 unspecified atom stereocenters. The Morgan fingerprint density at radius 1 is 0.829 bits per heavy atom. The molecule has 4 atom stereocenters. The molecule has 35 heavy (non-hydrogen) atoms. The van der Waals surface area contributed by atoms with Crippen LogP contribution in [0.15, 0.2) is 24.3 Å². The van der Waals surface area contributed by atoms with Gasteiger partial charge in [-0.1, -0.05) is 133 Å². The van der Waals surface area contributed by atoms with Crippen LogP contribution >= 0.6 is 40.1 Å². The van der Waals surface area contributed by atoms with Crippen LogP contribution in [0.4, 0.5) is 0 Å². The summed E-state index contributed by atoms with van der Waals surface area (Å²) in [6.45, 7) is 19.9. The van der Waals surface area contributed by atoms with Gasteiger partial charge in [-0.25, -0.2) is 0 Å². The number of allylic oxidation sites excluding steroid dienone is 2. The number of aryl methyl sites for hydroxylation is 1. The van der Waals surface area contributed by atoms with Crippen LogP contribution in [-0.4, -0.2) is 4.73 Å². The summed E-state index contributed by atoms with van der Waals surface area (Å²) in [6, 6.07) is 5.14. The van der Waals surface area contributed by atoms with Gasteiger partial charge in [-0.2, -0.15) is 0 Å². The minimum Gasteiger partial charge on any atom is -0.119 e. The predicted octanol–water partition coefficient (Wildman–Crippen LogP) is 12.5. The van der Waals surface area contributed by atoms with Crippen LogP contribution in [-0.2, 0) is 12.2 Å². The minimum atomic E-state index is 0.510. The van der Waals surface area contributed by atoms with Gasteiger partial charge in [0.05, 0.1) is 0 Å². The molecule has 1 rings (SSSR count). The molecule has 0 aliphatic carbocycles. The Labute approximate surface area is 234 Å². The molecular formula is C31H60P2S2. The molecule has 0 amide bonds. The lowest BCUT2D eigenvalue weighted by atomic mass is 9.81. The largest absolute Gasteiger partial charge is 0.119 e. The Hall–Kier alpha value is 0.520. The lowest BCUT2D eigenvalue weighted by Crippen LogP contribution is -2.09. The molecule has 1 aromatic rings. The average Bonchev–Trinajstić information content (AvgIpc) is 2.88. The van der Waals surface area contributed by atoms with Crippen LogP contribution in [0, 0.1) is 0 Å².